The van der Waals surface area contributed by atoms with Crippen molar-refractivity contribution in [1.29, 1.82) is 0 Å². The molecule has 0 unspecified atom stereocenters. The number of esters is 1. The molecule has 3 aromatic rings. The molecule has 1 fully saturated rings. The number of benzene rings is 1. The van der Waals surface area contributed by atoms with E-state index in [1.165, 1.54) is 0 Å². The highest BCUT2D eigenvalue weighted by atomic mass is 19.3. The fourth-order valence-electron chi connectivity index (χ4n) is 4.57. The summed E-state index contributed by atoms with van der Waals surface area (Å²) in [5.74, 6) is -2.69. The molecule has 0 atom stereocenters. The van der Waals surface area contributed by atoms with Gasteiger partial charge in [-0.15, -0.1) is 0 Å². The Balaban J connectivity index is 1.54. The van der Waals surface area contributed by atoms with Gasteiger partial charge in [0.2, 0.25) is 0 Å². The number of alkyl halides is 2. The van der Waals surface area contributed by atoms with Crippen LogP contribution < -0.4 is 10.6 Å². The molecule has 1 aliphatic heterocycles. The van der Waals surface area contributed by atoms with E-state index in [0.717, 1.165) is 35.2 Å². The number of anilines is 2. The van der Waals surface area contributed by atoms with E-state index in [0.29, 0.717) is 30.1 Å². The van der Waals surface area contributed by atoms with Crippen molar-refractivity contribution < 1.29 is 18.3 Å². The molecule has 0 bridgehead atoms. The molecule has 0 aliphatic carbocycles. The molecule has 0 spiro atoms. The van der Waals surface area contributed by atoms with Crippen LogP contribution in [-0.2, 0) is 17.6 Å². The average molecular weight is 498 g/mol. The van der Waals surface area contributed by atoms with Crippen molar-refractivity contribution in [3.05, 3.63) is 59.5 Å². The molecule has 2 aromatic heterocycles. The number of ether oxygens (including phenoxy) is 1. The van der Waals surface area contributed by atoms with Gasteiger partial charge in [-0.3, -0.25) is 4.68 Å². The second kappa shape index (κ2) is 10.6. The van der Waals surface area contributed by atoms with Crippen LogP contribution in [0, 0.1) is 0 Å². The second-order valence-corrected chi connectivity index (χ2v) is 9.42. The monoisotopic (exact) mass is 497 g/mol. The number of aryl methyl sites for hydroxylation is 2. The molecule has 9 heteroatoms. The molecule has 1 aliphatic rings. The molecule has 0 saturated carbocycles. The number of nitrogens with two attached hydrogens (primary N) is 1. The Morgan fingerprint density at radius 2 is 1.97 bits per heavy atom. The van der Waals surface area contributed by atoms with Gasteiger partial charge in [-0.25, -0.2) is 18.6 Å². The third-order valence-electron chi connectivity index (χ3n) is 6.44. The van der Waals surface area contributed by atoms with E-state index >= 15 is 0 Å². The number of pyridine rings is 1. The molecular formula is C27H33F2N5O2. The molecule has 0 radical (unpaired) electrons. The van der Waals surface area contributed by atoms with Crippen molar-refractivity contribution in [2.75, 3.05) is 30.3 Å². The summed E-state index contributed by atoms with van der Waals surface area (Å²) in [7, 11) is 0. The van der Waals surface area contributed by atoms with Crippen molar-refractivity contribution in [2.45, 2.75) is 58.4 Å². The largest absolute Gasteiger partial charge is 0.462 e. The number of carbonyl (C=O) groups is 1. The van der Waals surface area contributed by atoms with Crippen molar-refractivity contribution >= 4 is 17.5 Å². The summed E-state index contributed by atoms with van der Waals surface area (Å²) >= 11 is 0. The first-order valence-corrected chi connectivity index (χ1v) is 12.4. The highest BCUT2D eigenvalue weighted by molar-refractivity contribution is 5.90. The molecule has 3 heterocycles. The Morgan fingerprint density at radius 1 is 1.19 bits per heavy atom. The smallest absolute Gasteiger partial charge is 0.341 e. The number of nitrogens with zero attached hydrogens (tertiary/aromatic N) is 4. The Kier molecular flexibility index (Phi) is 7.56. The minimum absolute atomic E-state index is 0.132. The second-order valence-electron chi connectivity index (χ2n) is 9.42. The van der Waals surface area contributed by atoms with Gasteiger partial charge in [0.15, 0.2) is 5.82 Å². The predicted molar refractivity (Wildman–Crippen MR) is 136 cm³/mol. The lowest BCUT2D eigenvalue weighted by Crippen LogP contribution is -2.26. The summed E-state index contributed by atoms with van der Waals surface area (Å²) in [5, 5.41) is 4.63. The normalized spacial score (nSPS) is 15.0. The van der Waals surface area contributed by atoms with E-state index in [4.69, 9.17) is 10.5 Å². The molecular weight excluding hydrogens is 464 g/mol. The van der Waals surface area contributed by atoms with Crippen molar-refractivity contribution in [2.24, 2.45) is 0 Å². The lowest BCUT2D eigenvalue weighted by Gasteiger charge is -2.21. The Hall–Kier alpha value is -3.49. The minimum atomic E-state index is -2.73. The van der Waals surface area contributed by atoms with E-state index in [-0.39, 0.29) is 31.5 Å². The van der Waals surface area contributed by atoms with Gasteiger partial charge < -0.3 is 15.4 Å². The molecule has 1 saturated heterocycles. The maximum absolute atomic E-state index is 13.8. The van der Waals surface area contributed by atoms with Crippen molar-refractivity contribution in [3.63, 3.8) is 0 Å². The first-order valence-electron chi connectivity index (χ1n) is 12.4. The maximum atomic E-state index is 13.8. The molecule has 4 rings (SSSR count). The third-order valence-corrected chi connectivity index (χ3v) is 6.44. The van der Waals surface area contributed by atoms with Crippen LogP contribution in [0.1, 0.15) is 61.3 Å². The number of aromatic nitrogens is 3. The van der Waals surface area contributed by atoms with E-state index in [1.54, 1.807) is 28.9 Å². The molecule has 192 valence electrons. The van der Waals surface area contributed by atoms with Crippen LogP contribution in [0.15, 0.2) is 42.7 Å². The predicted octanol–water partition coefficient (Wildman–Crippen LogP) is 5.31. The van der Waals surface area contributed by atoms with Crippen LogP contribution in [-0.4, -0.2) is 46.4 Å². The van der Waals surface area contributed by atoms with Crippen molar-refractivity contribution in [1.82, 2.24) is 14.8 Å². The minimum Gasteiger partial charge on any atom is -0.462 e. The van der Waals surface area contributed by atoms with Gasteiger partial charge in [-0.05, 0) is 57.2 Å². The van der Waals surface area contributed by atoms with E-state index < -0.39 is 5.92 Å². The van der Waals surface area contributed by atoms with Crippen LogP contribution in [0.3, 0.4) is 0 Å². The van der Waals surface area contributed by atoms with Gasteiger partial charge in [0.1, 0.15) is 5.56 Å². The zero-order valence-corrected chi connectivity index (χ0v) is 21.0. The lowest BCUT2D eigenvalue weighted by molar-refractivity contribution is 0.0256. The van der Waals surface area contributed by atoms with Crippen LogP contribution >= 0.6 is 0 Å². The Bertz CT molecular complexity index is 1220. The Morgan fingerprint density at radius 3 is 2.67 bits per heavy atom. The highest BCUT2D eigenvalue weighted by Gasteiger charge is 2.39. The summed E-state index contributed by atoms with van der Waals surface area (Å²) in [6, 6.07) is 9.89. The first kappa shape index (κ1) is 25.6. The zero-order chi connectivity index (χ0) is 25.9. The number of halogens is 2. The zero-order valence-electron chi connectivity index (χ0n) is 21.0. The molecule has 1 aromatic carbocycles. The number of hydrogen-bond acceptors (Lipinski definition) is 6. The van der Waals surface area contributed by atoms with Gasteiger partial charge in [-0.1, -0.05) is 24.3 Å². The standard InChI is InChI=1S/C27H33F2N5O2/c1-4-36-26(35)22-16-34(18(2)3)32-23(22)11-7-9-19-8-5-6-10-20(19)21-12-14-31-25(24(21)30)33-15-13-27(28,29)17-33/h5-6,8,10,12,14,16,18H,4,7,9,11,13,15,17,30H2,1-3H3. The summed E-state index contributed by atoms with van der Waals surface area (Å²) < 4.78 is 34.6. The number of carbonyl (C=O) groups excluding carboxylic acids is 1. The molecule has 2 N–H and O–H groups in total. The summed E-state index contributed by atoms with van der Waals surface area (Å²) in [6.07, 6.45) is 5.28. The Labute approximate surface area is 210 Å². The van der Waals surface area contributed by atoms with Crippen LogP contribution in [0.2, 0.25) is 0 Å². The molecule has 0 amide bonds. The summed E-state index contributed by atoms with van der Waals surface area (Å²) in [6.45, 7) is 5.97. The fraction of sp³-hybridized carbons (Fsp3) is 0.444. The number of nitrogen functional groups attached to an aromatic ring is 1. The average Bonchev–Trinajstić information content (AvgIpc) is 3.43. The van der Waals surface area contributed by atoms with Gasteiger partial charge in [0, 0.05) is 37.0 Å². The first-order chi connectivity index (χ1) is 17.2. The maximum Gasteiger partial charge on any atom is 0.341 e. The van der Waals surface area contributed by atoms with E-state index in [9.17, 15) is 13.6 Å². The third kappa shape index (κ3) is 5.50. The number of rotatable bonds is 9. The molecule has 36 heavy (non-hydrogen) atoms. The quantitative estimate of drug-likeness (QED) is 0.404. The lowest BCUT2D eigenvalue weighted by atomic mass is 9.95. The van der Waals surface area contributed by atoms with E-state index in [1.807, 2.05) is 44.2 Å². The van der Waals surface area contributed by atoms with Gasteiger partial charge in [0.25, 0.3) is 5.92 Å². The summed E-state index contributed by atoms with van der Waals surface area (Å²) in [5.41, 5.74) is 10.9. The fourth-order valence-corrected chi connectivity index (χ4v) is 4.57. The summed E-state index contributed by atoms with van der Waals surface area (Å²) in [4.78, 5) is 18.3. The van der Waals surface area contributed by atoms with Crippen LogP contribution in [0.5, 0.6) is 0 Å². The van der Waals surface area contributed by atoms with Gasteiger partial charge in [0.05, 0.1) is 24.5 Å². The topological polar surface area (TPSA) is 86.3 Å². The van der Waals surface area contributed by atoms with Crippen LogP contribution in [0.4, 0.5) is 20.3 Å². The molecule has 7 nitrogen and oxygen atoms in total. The van der Waals surface area contributed by atoms with E-state index in [2.05, 4.69) is 10.1 Å². The number of hydrogen-bond donors (Lipinski definition) is 1. The van der Waals surface area contributed by atoms with Gasteiger partial charge >= 0.3 is 5.97 Å². The van der Waals surface area contributed by atoms with Gasteiger partial charge in [-0.2, -0.15) is 5.10 Å². The SMILES string of the molecule is CCOC(=O)c1cn(C(C)C)nc1CCCc1ccccc1-c1ccnc(N2CCC(F)(F)C2)c1N. The highest BCUT2D eigenvalue weighted by Crippen LogP contribution is 2.38. The van der Waals surface area contributed by atoms with Crippen molar-refractivity contribution in [3.8, 4) is 11.1 Å². The van der Waals surface area contributed by atoms with Crippen LogP contribution in [0.25, 0.3) is 11.1 Å².